The molecule has 7 heteroatoms. The quantitative estimate of drug-likeness (QED) is 0.727. The molecule has 4 rings (SSSR count). The number of carbonyl (C=O) groups excluding carboxylic acids is 1. The highest BCUT2D eigenvalue weighted by Crippen LogP contribution is 2.42. The summed E-state index contributed by atoms with van der Waals surface area (Å²) >= 11 is 0. The van der Waals surface area contributed by atoms with Crippen LogP contribution in [0.3, 0.4) is 0 Å². The van der Waals surface area contributed by atoms with Gasteiger partial charge < -0.3 is 15.4 Å². The molecule has 2 N–H and O–H groups in total. The Hall–Kier alpha value is -3.35. The molecule has 7 nitrogen and oxygen atoms in total. The number of rotatable bonds is 5. The first-order valence-electron chi connectivity index (χ1n) is 8.89. The molecular weight excluding hydrogens is 342 g/mol. The molecule has 1 heterocycles. The minimum atomic E-state index is -0.345. The van der Waals surface area contributed by atoms with Gasteiger partial charge in [0.15, 0.2) is 0 Å². The molecule has 0 radical (unpaired) electrons. The number of amides is 2. The molecule has 0 unspecified atom stereocenters. The summed E-state index contributed by atoms with van der Waals surface area (Å²) in [5, 5.41) is 13.9. The Morgan fingerprint density at radius 2 is 2.04 bits per heavy atom. The van der Waals surface area contributed by atoms with Gasteiger partial charge in [0.2, 0.25) is 0 Å². The van der Waals surface area contributed by atoms with Crippen molar-refractivity contribution in [2.75, 3.05) is 12.4 Å². The van der Waals surface area contributed by atoms with Crippen LogP contribution in [-0.4, -0.2) is 28.1 Å². The van der Waals surface area contributed by atoms with Crippen LogP contribution in [0.15, 0.2) is 60.9 Å². The van der Waals surface area contributed by atoms with E-state index in [0.29, 0.717) is 5.69 Å². The molecule has 1 aromatic heterocycles. The highest BCUT2D eigenvalue weighted by Gasteiger charge is 2.40. The lowest BCUT2D eigenvalue weighted by molar-refractivity contribution is 0.184. The smallest absolute Gasteiger partial charge is 0.319 e. The fraction of sp³-hybridized carbons (Fsp3) is 0.250. The molecule has 2 amide bonds. The van der Waals surface area contributed by atoms with Crippen molar-refractivity contribution in [3.8, 4) is 11.4 Å². The van der Waals surface area contributed by atoms with Gasteiger partial charge in [-0.15, -0.1) is 5.10 Å². The van der Waals surface area contributed by atoms with E-state index in [2.05, 4.69) is 20.9 Å². The Balaban J connectivity index is 1.49. The van der Waals surface area contributed by atoms with Gasteiger partial charge in [0, 0.05) is 5.69 Å². The van der Waals surface area contributed by atoms with Crippen molar-refractivity contribution in [3.63, 3.8) is 0 Å². The average Bonchev–Trinajstić information content (AvgIpc) is 3.20. The Labute approximate surface area is 157 Å². The van der Waals surface area contributed by atoms with Gasteiger partial charge >= 0.3 is 6.03 Å². The summed E-state index contributed by atoms with van der Waals surface area (Å²) in [6.07, 6.45) is 6.27. The minimum Gasteiger partial charge on any atom is -0.497 e. The van der Waals surface area contributed by atoms with Gasteiger partial charge in [0.05, 0.1) is 30.7 Å². The van der Waals surface area contributed by atoms with E-state index >= 15 is 0 Å². The van der Waals surface area contributed by atoms with Crippen LogP contribution in [-0.2, 0) is 5.54 Å². The number of methoxy groups -OCH3 is 1. The number of hydrogen-bond donors (Lipinski definition) is 2. The minimum absolute atomic E-state index is 0.228. The van der Waals surface area contributed by atoms with Crippen LogP contribution in [0.4, 0.5) is 10.5 Å². The zero-order valence-corrected chi connectivity index (χ0v) is 15.1. The van der Waals surface area contributed by atoms with Gasteiger partial charge in [-0.05, 0) is 55.2 Å². The molecular formula is C20H21N5O2. The topological polar surface area (TPSA) is 81.1 Å². The Kier molecular flexibility index (Phi) is 4.50. The number of benzene rings is 2. The van der Waals surface area contributed by atoms with Gasteiger partial charge in [-0.1, -0.05) is 23.4 Å². The van der Waals surface area contributed by atoms with Crippen molar-refractivity contribution in [2.45, 2.75) is 24.8 Å². The fourth-order valence-electron chi connectivity index (χ4n) is 3.39. The fourth-order valence-corrected chi connectivity index (χ4v) is 3.39. The average molecular weight is 363 g/mol. The highest BCUT2D eigenvalue weighted by atomic mass is 16.5. The van der Waals surface area contributed by atoms with Crippen molar-refractivity contribution in [3.05, 3.63) is 66.5 Å². The van der Waals surface area contributed by atoms with E-state index in [9.17, 15) is 4.79 Å². The van der Waals surface area contributed by atoms with E-state index in [0.717, 1.165) is 36.3 Å². The van der Waals surface area contributed by atoms with E-state index in [1.165, 1.54) is 0 Å². The third kappa shape index (κ3) is 3.48. The van der Waals surface area contributed by atoms with Gasteiger partial charge in [0.25, 0.3) is 0 Å². The summed E-state index contributed by atoms with van der Waals surface area (Å²) < 4.78 is 6.97. The molecule has 138 valence electrons. The Morgan fingerprint density at radius 3 is 2.74 bits per heavy atom. The van der Waals surface area contributed by atoms with Crippen LogP contribution in [0.2, 0.25) is 0 Å². The first-order valence-corrected chi connectivity index (χ1v) is 8.89. The molecule has 0 spiro atoms. The molecule has 0 bridgehead atoms. The first kappa shape index (κ1) is 17.1. The van der Waals surface area contributed by atoms with Crippen LogP contribution in [0, 0.1) is 0 Å². The molecule has 1 aliphatic carbocycles. The first-order chi connectivity index (χ1) is 13.2. The van der Waals surface area contributed by atoms with E-state index in [1.807, 2.05) is 48.5 Å². The van der Waals surface area contributed by atoms with E-state index < -0.39 is 0 Å². The third-order valence-electron chi connectivity index (χ3n) is 4.97. The number of urea groups is 1. The maximum absolute atomic E-state index is 12.7. The molecule has 1 saturated carbocycles. The summed E-state index contributed by atoms with van der Waals surface area (Å²) in [4.78, 5) is 12.7. The van der Waals surface area contributed by atoms with Gasteiger partial charge in [-0.25, -0.2) is 9.48 Å². The Morgan fingerprint density at radius 1 is 1.19 bits per heavy atom. The van der Waals surface area contributed by atoms with Crippen molar-refractivity contribution in [1.29, 1.82) is 0 Å². The number of nitrogens with zero attached hydrogens (tertiary/aromatic N) is 3. The number of ether oxygens (including phenoxy) is 1. The lowest BCUT2D eigenvalue weighted by atomic mass is 9.72. The van der Waals surface area contributed by atoms with Gasteiger partial charge in [0.1, 0.15) is 5.75 Å². The predicted molar refractivity (Wildman–Crippen MR) is 102 cm³/mol. The summed E-state index contributed by atoms with van der Waals surface area (Å²) in [7, 11) is 1.65. The second-order valence-corrected chi connectivity index (χ2v) is 6.64. The summed E-state index contributed by atoms with van der Waals surface area (Å²) in [6.45, 7) is 0. The zero-order valence-electron chi connectivity index (χ0n) is 15.1. The van der Waals surface area contributed by atoms with Crippen molar-refractivity contribution in [2.24, 2.45) is 0 Å². The number of carbonyl (C=O) groups is 1. The predicted octanol–water partition coefficient (Wildman–Crippen LogP) is 3.48. The molecule has 27 heavy (non-hydrogen) atoms. The standard InChI is InChI=1S/C20H21N5O2/c1-27-18-8-2-5-15(13-18)20(9-4-10-20)23-19(26)22-16-6-3-7-17(14-16)25-12-11-21-24-25/h2-3,5-8,11-14H,4,9-10H2,1H3,(H2,22,23,26). The molecule has 0 aliphatic heterocycles. The van der Waals surface area contributed by atoms with Crippen molar-refractivity contribution < 1.29 is 9.53 Å². The van der Waals surface area contributed by atoms with Crippen LogP contribution in [0.25, 0.3) is 5.69 Å². The molecule has 0 atom stereocenters. The lowest BCUT2D eigenvalue weighted by Gasteiger charge is -2.43. The maximum Gasteiger partial charge on any atom is 0.319 e. The van der Waals surface area contributed by atoms with Crippen molar-refractivity contribution in [1.82, 2.24) is 20.3 Å². The number of anilines is 1. The molecule has 2 aromatic carbocycles. The maximum atomic E-state index is 12.7. The third-order valence-corrected chi connectivity index (χ3v) is 4.97. The number of aromatic nitrogens is 3. The normalized spacial score (nSPS) is 14.9. The highest BCUT2D eigenvalue weighted by molar-refractivity contribution is 5.90. The van der Waals surface area contributed by atoms with Crippen LogP contribution in [0.5, 0.6) is 5.75 Å². The molecule has 1 fully saturated rings. The van der Waals surface area contributed by atoms with Crippen molar-refractivity contribution >= 4 is 11.7 Å². The van der Waals surface area contributed by atoms with Crippen LogP contribution < -0.4 is 15.4 Å². The summed E-state index contributed by atoms with van der Waals surface area (Å²) in [5.74, 6) is 0.793. The summed E-state index contributed by atoms with van der Waals surface area (Å²) in [5.41, 5.74) is 2.25. The second-order valence-electron chi connectivity index (χ2n) is 6.64. The molecule has 3 aromatic rings. The zero-order chi connectivity index (χ0) is 18.7. The van der Waals surface area contributed by atoms with Crippen LogP contribution in [0.1, 0.15) is 24.8 Å². The number of hydrogen-bond acceptors (Lipinski definition) is 4. The van der Waals surface area contributed by atoms with E-state index in [4.69, 9.17) is 4.74 Å². The monoisotopic (exact) mass is 363 g/mol. The van der Waals surface area contributed by atoms with E-state index in [1.54, 1.807) is 24.2 Å². The van der Waals surface area contributed by atoms with Crippen LogP contribution >= 0.6 is 0 Å². The molecule has 0 saturated heterocycles. The summed E-state index contributed by atoms with van der Waals surface area (Å²) in [6, 6.07) is 15.1. The number of nitrogens with one attached hydrogen (secondary N) is 2. The molecule has 1 aliphatic rings. The van der Waals surface area contributed by atoms with E-state index in [-0.39, 0.29) is 11.6 Å². The lowest BCUT2D eigenvalue weighted by Crippen LogP contribution is -2.52. The Bertz CT molecular complexity index is 935. The van der Waals surface area contributed by atoms with Gasteiger partial charge in [-0.2, -0.15) is 0 Å². The SMILES string of the molecule is COc1cccc(C2(NC(=O)Nc3cccc(-n4ccnn4)c3)CCC2)c1. The largest absolute Gasteiger partial charge is 0.497 e. The second kappa shape index (κ2) is 7.11. The van der Waals surface area contributed by atoms with Gasteiger partial charge in [-0.3, -0.25) is 0 Å².